The van der Waals surface area contributed by atoms with Crippen molar-refractivity contribution in [1.29, 1.82) is 0 Å². The molecule has 0 bridgehead atoms. The molecule has 0 spiro atoms. The summed E-state index contributed by atoms with van der Waals surface area (Å²) < 4.78 is 0. The van der Waals surface area contributed by atoms with Gasteiger partial charge in [0.1, 0.15) is 5.82 Å². The Morgan fingerprint density at radius 2 is 2.31 bits per heavy atom. The Morgan fingerprint density at radius 3 is 3.00 bits per heavy atom. The quantitative estimate of drug-likeness (QED) is 0.847. The van der Waals surface area contributed by atoms with Crippen molar-refractivity contribution >= 4 is 0 Å². The van der Waals surface area contributed by atoms with E-state index in [0.29, 0.717) is 5.92 Å². The van der Waals surface area contributed by atoms with Crippen molar-refractivity contribution in [2.24, 2.45) is 0 Å². The highest BCUT2D eigenvalue weighted by molar-refractivity contribution is 5.13. The van der Waals surface area contributed by atoms with Crippen molar-refractivity contribution < 1.29 is 0 Å². The van der Waals surface area contributed by atoms with E-state index < -0.39 is 0 Å². The fourth-order valence-electron chi connectivity index (χ4n) is 2.30. The summed E-state index contributed by atoms with van der Waals surface area (Å²) in [6, 6.07) is 2.11. The monoisotopic (exact) mass is 219 g/mol. The van der Waals surface area contributed by atoms with E-state index in [1.807, 2.05) is 0 Å². The van der Waals surface area contributed by atoms with Crippen molar-refractivity contribution in [3.8, 4) is 0 Å². The summed E-state index contributed by atoms with van der Waals surface area (Å²) in [6.45, 7) is 6.44. The number of aromatic nitrogens is 2. The van der Waals surface area contributed by atoms with Crippen LogP contribution in [0, 0.1) is 6.92 Å². The molecule has 2 heterocycles. The van der Waals surface area contributed by atoms with Gasteiger partial charge in [0.05, 0.1) is 0 Å². The van der Waals surface area contributed by atoms with Crippen LogP contribution in [-0.2, 0) is 6.42 Å². The van der Waals surface area contributed by atoms with Crippen LogP contribution in [-0.4, -0.2) is 23.1 Å². The van der Waals surface area contributed by atoms with Gasteiger partial charge < -0.3 is 5.32 Å². The predicted octanol–water partition coefficient (Wildman–Crippen LogP) is 2.20. The zero-order chi connectivity index (χ0) is 11.4. The molecule has 0 aliphatic carbocycles. The zero-order valence-corrected chi connectivity index (χ0v) is 10.3. The molecule has 1 aromatic heterocycles. The van der Waals surface area contributed by atoms with Crippen molar-refractivity contribution in [2.75, 3.05) is 13.1 Å². The van der Waals surface area contributed by atoms with Gasteiger partial charge in [0.2, 0.25) is 0 Å². The van der Waals surface area contributed by atoms with Crippen LogP contribution in [0.3, 0.4) is 0 Å². The summed E-state index contributed by atoms with van der Waals surface area (Å²) in [4.78, 5) is 9.28. The van der Waals surface area contributed by atoms with Crippen LogP contribution in [0.15, 0.2) is 6.07 Å². The van der Waals surface area contributed by atoms with Crippen molar-refractivity contribution in [2.45, 2.75) is 45.4 Å². The fourth-order valence-corrected chi connectivity index (χ4v) is 2.30. The Bertz CT molecular complexity index is 343. The van der Waals surface area contributed by atoms with E-state index in [1.165, 1.54) is 18.5 Å². The first-order chi connectivity index (χ1) is 7.79. The zero-order valence-electron chi connectivity index (χ0n) is 10.3. The number of nitrogens with one attached hydrogen (secondary N) is 1. The molecule has 1 aliphatic rings. The predicted molar refractivity (Wildman–Crippen MR) is 65.6 cm³/mol. The molecule has 1 aliphatic heterocycles. The lowest BCUT2D eigenvalue weighted by Crippen LogP contribution is -2.29. The molecule has 0 aromatic carbocycles. The molecular formula is C13H21N3. The van der Waals surface area contributed by atoms with Crippen LogP contribution in [0.4, 0.5) is 0 Å². The minimum atomic E-state index is 0.518. The van der Waals surface area contributed by atoms with Gasteiger partial charge in [0, 0.05) is 23.9 Å². The van der Waals surface area contributed by atoms with Gasteiger partial charge in [-0.1, -0.05) is 13.3 Å². The molecule has 88 valence electrons. The number of nitrogens with zero attached hydrogens (tertiary/aromatic N) is 2. The van der Waals surface area contributed by atoms with Gasteiger partial charge in [-0.05, 0) is 38.8 Å². The van der Waals surface area contributed by atoms with Gasteiger partial charge >= 0.3 is 0 Å². The van der Waals surface area contributed by atoms with Crippen LogP contribution < -0.4 is 5.32 Å². The molecule has 1 unspecified atom stereocenters. The Kier molecular flexibility index (Phi) is 3.88. The minimum Gasteiger partial charge on any atom is -0.316 e. The molecule has 1 fully saturated rings. The summed E-state index contributed by atoms with van der Waals surface area (Å²) in [5.74, 6) is 1.57. The van der Waals surface area contributed by atoms with E-state index >= 15 is 0 Å². The molecule has 1 aromatic rings. The standard InChI is InChI=1S/C13H21N3/c1-3-5-12-8-10(2)15-13(16-12)11-6-4-7-14-9-11/h8,11,14H,3-7,9H2,1-2H3. The van der Waals surface area contributed by atoms with E-state index in [2.05, 4.69) is 30.2 Å². The van der Waals surface area contributed by atoms with E-state index in [9.17, 15) is 0 Å². The number of hydrogen-bond donors (Lipinski definition) is 1. The molecule has 2 rings (SSSR count). The van der Waals surface area contributed by atoms with Crippen molar-refractivity contribution in [3.63, 3.8) is 0 Å². The summed E-state index contributed by atoms with van der Waals surface area (Å²) in [5.41, 5.74) is 2.31. The number of hydrogen-bond acceptors (Lipinski definition) is 3. The molecule has 1 saturated heterocycles. The van der Waals surface area contributed by atoms with E-state index in [4.69, 9.17) is 4.98 Å². The average Bonchev–Trinajstić information content (AvgIpc) is 2.30. The third-order valence-electron chi connectivity index (χ3n) is 3.09. The number of piperidine rings is 1. The first kappa shape index (κ1) is 11.5. The van der Waals surface area contributed by atoms with Gasteiger partial charge in [-0.25, -0.2) is 9.97 Å². The Morgan fingerprint density at radius 1 is 1.44 bits per heavy atom. The number of rotatable bonds is 3. The third-order valence-corrected chi connectivity index (χ3v) is 3.09. The second-order valence-electron chi connectivity index (χ2n) is 4.65. The molecule has 16 heavy (non-hydrogen) atoms. The first-order valence-corrected chi connectivity index (χ1v) is 6.34. The maximum absolute atomic E-state index is 4.70. The van der Waals surface area contributed by atoms with Gasteiger partial charge in [-0.3, -0.25) is 0 Å². The van der Waals surface area contributed by atoms with Gasteiger partial charge in [-0.2, -0.15) is 0 Å². The fraction of sp³-hybridized carbons (Fsp3) is 0.692. The van der Waals surface area contributed by atoms with Crippen LogP contribution in [0.25, 0.3) is 0 Å². The van der Waals surface area contributed by atoms with Gasteiger partial charge in [0.25, 0.3) is 0 Å². The summed E-state index contributed by atoms with van der Waals surface area (Å²) in [6.07, 6.45) is 4.68. The van der Waals surface area contributed by atoms with Crippen LogP contribution in [0.2, 0.25) is 0 Å². The van der Waals surface area contributed by atoms with Crippen molar-refractivity contribution in [3.05, 3.63) is 23.3 Å². The lowest BCUT2D eigenvalue weighted by molar-refractivity contribution is 0.444. The Balaban J connectivity index is 2.18. The largest absolute Gasteiger partial charge is 0.316 e. The van der Waals surface area contributed by atoms with E-state index in [-0.39, 0.29) is 0 Å². The minimum absolute atomic E-state index is 0.518. The van der Waals surface area contributed by atoms with Crippen molar-refractivity contribution in [1.82, 2.24) is 15.3 Å². The lowest BCUT2D eigenvalue weighted by Gasteiger charge is -2.22. The highest BCUT2D eigenvalue weighted by Crippen LogP contribution is 2.20. The molecule has 1 N–H and O–H groups in total. The van der Waals surface area contributed by atoms with Crippen LogP contribution >= 0.6 is 0 Å². The SMILES string of the molecule is CCCc1cc(C)nc(C2CCCNC2)n1. The molecule has 0 radical (unpaired) electrons. The lowest BCUT2D eigenvalue weighted by atomic mass is 9.98. The molecule has 3 heteroatoms. The Hall–Kier alpha value is -0.960. The highest BCUT2D eigenvalue weighted by atomic mass is 14.9. The van der Waals surface area contributed by atoms with Crippen LogP contribution in [0.1, 0.15) is 49.3 Å². The van der Waals surface area contributed by atoms with Gasteiger partial charge in [-0.15, -0.1) is 0 Å². The smallest absolute Gasteiger partial charge is 0.133 e. The van der Waals surface area contributed by atoms with E-state index in [0.717, 1.165) is 37.4 Å². The second-order valence-corrected chi connectivity index (χ2v) is 4.65. The molecular weight excluding hydrogens is 198 g/mol. The second kappa shape index (κ2) is 5.39. The maximum atomic E-state index is 4.70. The first-order valence-electron chi connectivity index (χ1n) is 6.34. The third kappa shape index (κ3) is 2.79. The topological polar surface area (TPSA) is 37.8 Å². The molecule has 0 amide bonds. The molecule has 1 atom stereocenters. The Labute approximate surface area is 97.7 Å². The molecule has 3 nitrogen and oxygen atoms in total. The summed E-state index contributed by atoms with van der Waals surface area (Å²) >= 11 is 0. The normalized spacial score (nSPS) is 21.0. The molecule has 0 saturated carbocycles. The van der Waals surface area contributed by atoms with Gasteiger partial charge in [0.15, 0.2) is 0 Å². The highest BCUT2D eigenvalue weighted by Gasteiger charge is 2.18. The number of aryl methyl sites for hydroxylation is 2. The average molecular weight is 219 g/mol. The maximum Gasteiger partial charge on any atom is 0.133 e. The van der Waals surface area contributed by atoms with Crippen LogP contribution in [0.5, 0.6) is 0 Å². The summed E-state index contributed by atoms with van der Waals surface area (Å²) in [5, 5.41) is 3.42. The van der Waals surface area contributed by atoms with E-state index in [1.54, 1.807) is 0 Å². The summed E-state index contributed by atoms with van der Waals surface area (Å²) in [7, 11) is 0.